The zero-order chi connectivity index (χ0) is 19.6. The van der Waals surface area contributed by atoms with Gasteiger partial charge in [0.05, 0.1) is 11.4 Å². The molecule has 0 aliphatic heterocycles. The van der Waals surface area contributed by atoms with Crippen LogP contribution in [-0.4, -0.2) is 27.7 Å². The van der Waals surface area contributed by atoms with Crippen LogP contribution in [0.5, 0.6) is 5.75 Å². The number of aliphatic imine (C=N–C) groups is 2. The van der Waals surface area contributed by atoms with Gasteiger partial charge in [-0.05, 0) is 60.4 Å². The number of aromatic nitrogens is 2. The third-order valence-electron chi connectivity index (χ3n) is 4.24. The molecule has 0 spiro atoms. The first-order valence-electron chi connectivity index (χ1n) is 9.53. The molecule has 0 aliphatic carbocycles. The largest absolute Gasteiger partial charge is 0.508 e. The Bertz CT molecular complexity index is 914. The summed E-state index contributed by atoms with van der Waals surface area (Å²) in [6.45, 7) is 2.19. The molecule has 0 amide bonds. The van der Waals surface area contributed by atoms with Crippen LogP contribution in [0.3, 0.4) is 0 Å². The van der Waals surface area contributed by atoms with Gasteiger partial charge in [-0.1, -0.05) is 44.0 Å². The van der Waals surface area contributed by atoms with E-state index in [0.717, 1.165) is 35.3 Å². The van der Waals surface area contributed by atoms with Crippen molar-refractivity contribution in [3.05, 3.63) is 77.5 Å². The van der Waals surface area contributed by atoms with Crippen molar-refractivity contribution >= 4 is 23.9 Å². The Morgan fingerprint density at radius 1 is 0.786 bits per heavy atom. The summed E-state index contributed by atoms with van der Waals surface area (Å²) in [6.07, 6.45) is 8.11. The summed E-state index contributed by atoms with van der Waals surface area (Å²) in [7, 11) is 0. The number of hydrogen-bond acceptors (Lipinski definition) is 5. The molecule has 0 saturated carbocycles. The van der Waals surface area contributed by atoms with Crippen molar-refractivity contribution in [2.75, 3.05) is 0 Å². The van der Waals surface area contributed by atoms with Crippen molar-refractivity contribution < 1.29 is 5.11 Å². The fourth-order valence-electron chi connectivity index (χ4n) is 2.61. The van der Waals surface area contributed by atoms with Crippen molar-refractivity contribution in [2.45, 2.75) is 32.6 Å². The molecule has 0 atom stereocenters. The van der Waals surface area contributed by atoms with E-state index in [2.05, 4.69) is 27.1 Å². The van der Waals surface area contributed by atoms with Crippen molar-refractivity contribution in [1.82, 2.24) is 10.2 Å². The lowest BCUT2D eigenvalue weighted by atomic mass is 10.1. The summed E-state index contributed by atoms with van der Waals surface area (Å²) in [6, 6.07) is 18.6. The highest BCUT2D eigenvalue weighted by atomic mass is 16.3. The zero-order valence-corrected chi connectivity index (χ0v) is 16.0. The number of phenols is 1. The van der Waals surface area contributed by atoms with E-state index < -0.39 is 0 Å². The maximum absolute atomic E-state index is 9.29. The predicted molar refractivity (Wildman–Crippen MR) is 114 cm³/mol. The Labute approximate surface area is 165 Å². The molecular weight excluding hydrogens is 348 g/mol. The molecule has 1 aromatic heterocycles. The zero-order valence-electron chi connectivity index (χ0n) is 16.0. The molecule has 2 aromatic carbocycles. The summed E-state index contributed by atoms with van der Waals surface area (Å²) in [5, 5.41) is 17.7. The monoisotopic (exact) mass is 372 g/mol. The minimum absolute atomic E-state index is 0.235. The topological polar surface area (TPSA) is 70.7 Å². The summed E-state index contributed by atoms with van der Waals surface area (Å²) in [5.41, 5.74) is 3.78. The molecule has 5 heteroatoms. The highest BCUT2D eigenvalue weighted by molar-refractivity contribution is 5.86. The second kappa shape index (κ2) is 10.1. The molecule has 0 saturated heterocycles. The van der Waals surface area contributed by atoms with Crippen molar-refractivity contribution in [3.63, 3.8) is 0 Å². The maximum Gasteiger partial charge on any atom is 0.174 e. The third kappa shape index (κ3) is 6.13. The van der Waals surface area contributed by atoms with Crippen molar-refractivity contribution in [2.24, 2.45) is 9.98 Å². The van der Waals surface area contributed by atoms with Gasteiger partial charge in [-0.15, -0.1) is 5.10 Å². The second-order valence-electron chi connectivity index (χ2n) is 6.54. The highest BCUT2D eigenvalue weighted by Gasteiger charge is 1.97. The summed E-state index contributed by atoms with van der Waals surface area (Å²) >= 11 is 0. The molecule has 3 rings (SSSR count). The van der Waals surface area contributed by atoms with Crippen LogP contribution in [0.2, 0.25) is 0 Å². The van der Waals surface area contributed by atoms with E-state index in [9.17, 15) is 5.11 Å². The quantitative estimate of drug-likeness (QED) is 0.424. The summed E-state index contributed by atoms with van der Waals surface area (Å²) in [5.74, 6) is 0.843. The molecule has 3 aromatic rings. The molecule has 5 nitrogen and oxygen atoms in total. The number of benzene rings is 2. The number of nitrogens with zero attached hydrogens (tertiary/aromatic N) is 4. The van der Waals surface area contributed by atoms with Crippen LogP contribution in [-0.2, 0) is 6.42 Å². The van der Waals surface area contributed by atoms with Crippen molar-refractivity contribution in [1.29, 1.82) is 0 Å². The molecule has 0 fully saturated rings. The Hall–Kier alpha value is -3.34. The number of phenolic OH excluding ortho intramolecular Hbond substituents is 1. The van der Waals surface area contributed by atoms with E-state index in [-0.39, 0.29) is 5.75 Å². The Balaban J connectivity index is 1.56. The summed E-state index contributed by atoms with van der Waals surface area (Å²) < 4.78 is 0. The van der Waals surface area contributed by atoms with Gasteiger partial charge < -0.3 is 5.11 Å². The highest BCUT2D eigenvalue weighted by Crippen LogP contribution is 2.16. The van der Waals surface area contributed by atoms with E-state index in [4.69, 9.17) is 0 Å². The minimum atomic E-state index is 0.235. The van der Waals surface area contributed by atoms with Crippen LogP contribution in [0, 0.1) is 0 Å². The molecular formula is C23H24N4O. The average molecular weight is 372 g/mol. The standard InChI is InChI=1S/C23H24N4O/c1-2-3-4-5-21-12-15-23(27-26-21)25-17-19-8-6-18(7-9-19)16-24-20-10-13-22(28)14-11-20/h6-17,28H,2-5H2,1H3. The number of hydrogen-bond donors (Lipinski definition) is 1. The summed E-state index contributed by atoms with van der Waals surface area (Å²) in [4.78, 5) is 8.78. The number of aromatic hydroxyl groups is 1. The minimum Gasteiger partial charge on any atom is -0.508 e. The molecule has 142 valence electrons. The first-order valence-corrected chi connectivity index (χ1v) is 9.53. The Morgan fingerprint density at radius 3 is 2.07 bits per heavy atom. The van der Waals surface area contributed by atoms with Gasteiger partial charge in [0.2, 0.25) is 0 Å². The van der Waals surface area contributed by atoms with E-state index in [0.29, 0.717) is 5.82 Å². The van der Waals surface area contributed by atoms with E-state index in [1.165, 1.54) is 12.8 Å². The SMILES string of the molecule is CCCCCc1ccc(N=Cc2ccc(C=Nc3ccc(O)cc3)cc2)nn1. The molecule has 28 heavy (non-hydrogen) atoms. The van der Waals surface area contributed by atoms with Crippen molar-refractivity contribution in [3.8, 4) is 5.75 Å². The number of rotatable bonds is 8. The first kappa shape index (κ1) is 19.4. The smallest absolute Gasteiger partial charge is 0.174 e. The van der Waals surface area contributed by atoms with Crippen LogP contribution in [0.1, 0.15) is 43.0 Å². The Morgan fingerprint density at radius 2 is 1.46 bits per heavy atom. The fraction of sp³-hybridized carbons (Fsp3) is 0.217. The lowest BCUT2D eigenvalue weighted by Gasteiger charge is -1.99. The van der Waals surface area contributed by atoms with Crippen LogP contribution in [0.4, 0.5) is 11.5 Å². The van der Waals surface area contributed by atoms with Gasteiger partial charge >= 0.3 is 0 Å². The predicted octanol–water partition coefficient (Wildman–Crippen LogP) is 5.42. The van der Waals surface area contributed by atoms with Gasteiger partial charge in [0.15, 0.2) is 5.82 Å². The van der Waals surface area contributed by atoms with Gasteiger partial charge in [0.25, 0.3) is 0 Å². The van der Waals surface area contributed by atoms with Gasteiger partial charge in [-0.2, -0.15) is 5.10 Å². The van der Waals surface area contributed by atoms with Gasteiger partial charge in [0.1, 0.15) is 5.75 Å². The average Bonchev–Trinajstić information content (AvgIpc) is 2.74. The van der Waals surface area contributed by atoms with Crippen LogP contribution in [0.15, 0.2) is 70.6 Å². The fourth-order valence-corrected chi connectivity index (χ4v) is 2.61. The molecule has 0 unspecified atom stereocenters. The second-order valence-corrected chi connectivity index (χ2v) is 6.54. The lowest BCUT2D eigenvalue weighted by molar-refractivity contribution is 0.475. The maximum atomic E-state index is 9.29. The Kier molecular flexibility index (Phi) is 7.01. The molecule has 1 heterocycles. The number of unbranched alkanes of at least 4 members (excludes halogenated alkanes) is 2. The third-order valence-corrected chi connectivity index (χ3v) is 4.24. The van der Waals surface area contributed by atoms with Gasteiger partial charge in [-0.3, -0.25) is 4.99 Å². The van der Waals surface area contributed by atoms with Crippen LogP contribution >= 0.6 is 0 Å². The molecule has 0 aliphatic rings. The van der Waals surface area contributed by atoms with Gasteiger partial charge in [-0.25, -0.2) is 4.99 Å². The molecule has 1 N–H and O–H groups in total. The lowest BCUT2D eigenvalue weighted by Crippen LogP contribution is -1.92. The van der Waals surface area contributed by atoms with E-state index >= 15 is 0 Å². The first-order chi connectivity index (χ1) is 13.7. The van der Waals surface area contributed by atoms with E-state index in [1.54, 1.807) is 36.7 Å². The van der Waals surface area contributed by atoms with E-state index in [1.807, 2.05) is 36.4 Å². The number of aryl methyl sites for hydroxylation is 1. The van der Waals surface area contributed by atoms with Crippen LogP contribution < -0.4 is 0 Å². The normalized spacial score (nSPS) is 11.5. The molecule has 0 bridgehead atoms. The van der Waals surface area contributed by atoms with Gasteiger partial charge in [0, 0.05) is 12.4 Å². The van der Waals surface area contributed by atoms with Crippen LogP contribution in [0.25, 0.3) is 0 Å². The molecule has 0 radical (unpaired) electrons.